The third-order valence-corrected chi connectivity index (χ3v) is 8.61. The molecule has 10 heteroatoms. The molecule has 2 rings (SSSR count). The summed E-state index contributed by atoms with van der Waals surface area (Å²) in [5.41, 5.74) is 0.150. The standard InChI is InChI=1S/C21H28N2O6S2/c1-4-23(5-2)31(27,28)20-16-17(12-13-19(20)29-3)21(24)22-14-9-15-30(25,26)18-10-7-6-8-11-18/h6-8,10-13,16H,4-5,9,14-15H2,1-3H3,(H,22,24). The van der Waals surface area contributed by atoms with Gasteiger partial charge in [-0.2, -0.15) is 4.31 Å². The third kappa shape index (κ3) is 6.05. The van der Waals surface area contributed by atoms with Gasteiger partial charge in [-0.05, 0) is 36.8 Å². The van der Waals surface area contributed by atoms with E-state index in [0.717, 1.165) is 0 Å². The summed E-state index contributed by atoms with van der Waals surface area (Å²) in [6, 6.07) is 12.3. The Morgan fingerprint density at radius 3 is 2.23 bits per heavy atom. The Balaban J connectivity index is 2.09. The molecular weight excluding hydrogens is 440 g/mol. The average molecular weight is 469 g/mol. The molecule has 0 saturated heterocycles. The van der Waals surface area contributed by atoms with E-state index in [2.05, 4.69) is 5.32 Å². The van der Waals surface area contributed by atoms with E-state index in [1.165, 1.54) is 41.7 Å². The summed E-state index contributed by atoms with van der Waals surface area (Å²) in [4.78, 5) is 12.7. The molecular formula is C21H28N2O6S2. The highest BCUT2D eigenvalue weighted by Gasteiger charge is 2.26. The maximum atomic E-state index is 12.9. The van der Waals surface area contributed by atoms with Crippen LogP contribution in [-0.4, -0.2) is 59.5 Å². The molecule has 0 bridgehead atoms. The molecule has 170 valence electrons. The lowest BCUT2D eigenvalue weighted by Gasteiger charge is -2.20. The van der Waals surface area contributed by atoms with Gasteiger partial charge in [0.25, 0.3) is 5.91 Å². The molecule has 0 fully saturated rings. The molecule has 0 atom stereocenters. The Labute approximate surface area is 184 Å². The smallest absolute Gasteiger partial charge is 0.251 e. The van der Waals surface area contributed by atoms with Gasteiger partial charge in [0.1, 0.15) is 10.6 Å². The van der Waals surface area contributed by atoms with E-state index in [1.54, 1.807) is 32.0 Å². The highest BCUT2D eigenvalue weighted by Crippen LogP contribution is 2.28. The Hall–Kier alpha value is -2.43. The van der Waals surface area contributed by atoms with E-state index in [1.807, 2.05) is 0 Å². The molecule has 0 aliphatic carbocycles. The van der Waals surface area contributed by atoms with E-state index in [4.69, 9.17) is 4.74 Å². The van der Waals surface area contributed by atoms with Crippen LogP contribution in [-0.2, 0) is 19.9 Å². The predicted octanol–water partition coefficient (Wildman–Crippen LogP) is 2.32. The number of amides is 1. The van der Waals surface area contributed by atoms with Crippen LogP contribution in [0.3, 0.4) is 0 Å². The number of carbonyl (C=O) groups is 1. The van der Waals surface area contributed by atoms with E-state index in [9.17, 15) is 21.6 Å². The van der Waals surface area contributed by atoms with Gasteiger partial charge in [-0.15, -0.1) is 0 Å². The fourth-order valence-electron chi connectivity index (χ4n) is 3.03. The maximum absolute atomic E-state index is 12.9. The zero-order valence-corrected chi connectivity index (χ0v) is 19.5. The zero-order chi connectivity index (χ0) is 23.1. The van der Waals surface area contributed by atoms with Crippen LogP contribution in [0, 0.1) is 0 Å². The molecule has 8 nitrogen and oxygen atoms in total. The number of carbonyl (C=O) groups excluding carboxylic acids is 1. The Morgan fingerprint density at radius 1 is 1.00 bits per heavy atom. The minimum absolute atomic E-state index is 0.0852. The van der Waals surface area contributed by atoms with E-state index in [-0.39, 0.29) is 52.9 Å². The number of nitrogens with zero attached hydrogens (tertiary/aromatic N) is 1. The number of ether oxygens (including phenoxy) is 1. The van der Waals surface area contributed by atoms with Crippen LogP contribution in [0.15, 0.2) is 58.3 Å². The minimum Gasteiger partial charge on any atom is -0.495 e. The van der Waals surface area contributed by atoms with Crippen LogP contribution < -0.4 is 10.1 Å². The molecule has 0 heterocycles. The lowest BCUT2D eigenvalue weighted by atomic mass is 10.2. The molecule has 0 unspecified atom stereocenters. The second kappa shape index (κ2) is 10.7. The van der Waals surface area contributed by atoms with Crippen molar-refractivity contribution in [2.24, 2.45) is 0 Å². The highest BCUT2D eigenvalue weighted by atomic mass is 32.2. The first kappa shape index (κ1) is 24.8. The first-order chi connectivity index (χ1) is 14.7. The number of nitrogens with one attached hydrogen (secondary N) is 1. The van der Waals surface area contributed by atoms with Crippen molar-refractivity contribution < 1.29 is 26.4 Å². The first-order valence-electron chi connectivity index (χ1n) is 9.91. The SMILES string of the molecule is CCN(CC)S(=O)(=O)c1cc(C(=O)NCCCS(=O)(=O)c2ccccc2)ccc1OC. The number of benzene rings is 2. The highest BCUT2D eigenvalue weighted by molar-refractivity contribution is 7.91. The van der Waals surface area contributed by atoms with Crippen LogP contribution in [0.2, 0.25) is 0 Å². The van der Waals surface area contributed by atoms with Crippen LogP contribution in [0.5, 0.6) is 5.75 Å². The molecule has 0 aliphatic rings. The van der Waals surface area contributed by atoms with E-state index < -0.39 is 25.8 Å². The van der Waals surface area contributed by atoms with Crippen molar-refractivity contribution in [3.05, 3.63) is 54.1 Å². The second-order valence-corrected chi connectivity index (χ2v) is 10.7. The summed E-state index contributed by atoms with van der Waals surface area (Å²) in [6.07, 6.45) is 0.226. The Kier molecular flexibility index (Phi) is 8.60. The lowest BCUT2D eigenvalue weighted by molar-refractivity contribution is 0.0953. The van der Waals surface area contributed by atoms with Gasteiger partial charge >= 0.3 is 0 Å². The van der Waals surface area contributed by atoms with Crippen molar-refractivity contribution in [3.8, 4) is 5.75 Å². The molecule has 31 heavy (non-hydrogen) atoms. The quantitative estimate of drug-likeness (QED) is 0.507. The topological polar surface area (TPSA) is 110 Å². The van der Waals surface area contributed by atoms with Crippen LogP contribution >= 0.6 is 0 Å². The van der Waals surface area contributed by atoms with Gasteiger partial charge < -0.3 is 10.1 Å². The number of sulfonamides is 1. The summed E-state index contributed by atoms with van der Waals surface area (Å²) in [5.74, 6) is -0.449. The largest absolute Gasteiger partial charge is 0.495 e. The van der Waals surface area contributed by atoms with Crippen LogP contribution in [0.4, 0.5) is 0 Å². The van der Waals surface area contributed by atoms with Crippen molar-refractivity contribution in [1.82, 2.24) is 9.62 Å². The number of sulfone groups is 1. The molecule has 0 radical (unpaired) electrons. The van der Waals surface area contributed by atoms with Crippen molar-refractivity contribution in [2.75, 3.05) is 32.5 Å². The average Bonchev–Trinajstić information content (AvgIpc) is 2.77. The van der Waals surface area contributed by atoms with Crippen molar-refractivity contribution in [2.45, 2.75) is 30.1 Å². The third-order valence-electron chi connectivity index (χ3n) is 4.73. The summed E-state index contributed by atoms with van der Waals surface area (Å²) in [7, 11) is -5.89. The van der Waals surface area contributed by atoms with Crippen molar-refractivity contribution in [1.29, 1.82) is 0 Å². The summed E-state index contributed by atoms with van der Waals surface area (Å²) in [5, 5.41) is 2.64. The van der Waals surface area contributed by atoms with Gasteiger partial charge in [0.05, 0.1) is 17.8 Å². The summed E-state index contributed by atoms with van der Waals surface area (Å²) < 4.78 is 56.9. The van der Waals surface area contributed by atoms with Gasteiger partial charge in [0.2, 0.25) is 10.0 Å². The first-order valence-corrected chi connectivity index (χ1v) is 13.0. The molecule has 1 amide bonds. The molecule has 2 aromatic rings. The number of hydrogen-bond donors (Lipinski definition) is 1. The number of hydrogen-bond acceptors (Lipinski definition) is 6. The van der Waals surface area contributed by atoms with Gasteiger partial charge in [0.15, 0.2) is 9.84 Å². The van der Waals surface area contributed by atoms with Crippen molar-refractivity contribution in [3.63, 3.8) is 0 Å². The molecule has 0 aliphatic heterocycles. The Morgan fingerprint density at radius 2 is 1.65 bits per heavy atom. The fourth-order valence-corrected chi connectivity index (χ4v) is 6.01. The monoisotopic (exact) mass is 468 g/mol. The summed E-state index contributed by atoms with van der Waals surface area (Å²) in [6.45, 7) is 4.17. The predicted molar refractivity (Wildman–Crippen MR) is 119 cm³/mol. The van der Waals surface area contributed by atoms with Gasteiger partial charge in [-0.3, -0.25) is 4.79 Å². The second-order valence-electron chi connectivity index (χ2n) is 6.70. The van der Waals surface area contributed by atoms with Crippen LogP contribution in [0.25, 0.3) is 0 Å². The molecule has 1 N–H and O–H groups in total. The lowest BCUT2D eigenvalue weighted by Crippen LogP contribution is -2.31. The van der Waals surface area contributed by atoms with Gasteiger partial charge in [-0.1, -0.05) is 32.0 Å². The van der Waals surface area contributed by atoms with E-state index >= 15 is 0 Å². The molecule has 0 aromatic heterocycles. The minimum atomic E-state index is -3.83. The molecule has 2 aromatic carbocycles. The molecule has 0 saturated carbocycles. The van der Waals surface area contributed by atoms with Crippen LogP contribution in [0.1, 0.15) is 30.6 Å². The number of methoxy groups -OCH3 is 1. The van der Waals surface area contributed by atoms with E-state index in [0.29, 0.717) is 0 Å². The Bertz CT molecular complexity index is 1100. The van der Waals surface area contributed by atoms with Gasteiger partial charge in [0, 0.05) is 25.2 Å². The normalized spacial score (nSPS) is 12.0. The molecule has 0 spiro atoms. The van der Waals surface area contributed by atoms with Crippen molar-refractivity contribution >= 4 is 25.8 Å². The number of rotatable bonds is 11. The van der Waals surface area contributed by atoms with Gasteiger partial charge in [-0.25, -0.2) is 16.8 Å². The fraction of sp³-hybridized carbons (Fsp3) is 0.381. The maximum Gasteiger partial charge on any atom is 0.251 e. The zero-order valence-electron chi connectivity index (χ0n) is 17.9. The summed E-state index contributed by atoms with van der Waals surface area (Å²) >= 11 is 0.